The maximum Gasteiger partial charge on any atom is 0.240 e. The first kappa shape index (κ1) is 13.9. The van der Waals surface area contributed by atoms with Crippen molar-refractivity contribution in [3.8, 4) is 5.75 Å². The second-order valence-corrected chi connectivity index (χ2v) is 6.02. The quantitative estimate of drug-likeness (QED) is 0.870. The summed E-state index contributed by atoms with van der Waals surface area (Å²) in [6.45, 7) is 0.724. The molecule has 0 N–H and O–H groups in total. The molecule has 1 aromatic heterocycles. The minimum atomic E-state index is -0.0442. The number of aromatic nitrogens is 1. The number of methoxy groups -OCH3 is 1. The van der Waals surface area contributed by atoms with Gasteiger partial charge >= 0.3 is 0 Å². The molecule has 3 rings (SSSR count). The average Bonchev–Trinajstić information content (AvgIpc) is 2.89. The first-order valence-electron chi connectivity index (χ1n) is 6.80. The van der Waals surface area contributed by atoms with E-state index < -0.39 is 0 Å². The lowest BCUT2D eigenvalue weighted by molar-refractivity contribution is -0.116. The summed E-state index contributed by atoms with van der Waals surface area (Å²) in [7, 11) is 1.63. The van der Waals surface area contributed by atoms with Crippen LogP contribution in [-0.4, -0.2) is 29.8 Å². The van der Waals surface area contributed by atoms with Crippen LogP contribution in [0, 0.1) is 0 Å². The van der Waals surface area contributed by atoms with Gasteiger partial charge in [0.1, 0.15) is 5.75 Å². The van der Waals surface area contributed by atoms with Crippen LogP contribution in [0.3, 0.4) is 0 Å². The lowest BCUT2D eigenvalue weighted by Crippen LogP contribution is -2.28. The van der Waals surface area contributed by atoms with E-state index in [-0.39, 0.29) is 11.2 Å². The van der Waals surface area contributed by atoms with Gasteiger partial charge in [-0.15, -0.1) is 11.8 Å². The Balaban J connectivity index is 1.77. The standard InChI is InChI=1S/C16H16N2O2S/c1-20-14-5-3-2-4-13(14)18-11-8-15(16(18)19)21-12-6-9-17-10-7-12/h2-7,9-10,15H,8,11H2,1H3. The van der Waals surface area contributed by atoms with Gasteiger partial charge in [0.15, 0.2) is 0 Å². The minimum Gasteiger partial charge on any atom is -0.495 e. The van der Waals surface area contributed by atoms with Gasteiger partial charge in [-0.2, -0.15) is 0 Å². The molecule has 0 radical (unpaired) electrons. The van der Waals surface area contributed by atoms with Gasteiger partial charge in [0.05, 0.1) is 18.0 Å². The molecule has 4 nitrogen and oxygen atoms in total. The normalized spacial score (nSPS) is 18.0. The molecule has 1 aromatic carbocycles. The van der Waals surface area contributed by atoms with Gasteiger partial charge in [-0.05, 0) is 30.7 Å². The molecule has 21 heavy (non-hydrogen) atoms. The molecular weight excluding hydrogens is 284 g/mol. The highest BCUT2D eigenvalue weighted by Gasteiger charge is 2.34. The fourth-order valence-electron chi connectivity index (χ4n) is 2.44. The number of amides is 1. The summed E-state index contributed by atoms with van der Waals surface area (Å²) in [4.78, 5) is 19.5. The fraction of sp³-hybridized carbons (Fsp3) is 0.250. The summed E-state index contributed by atoms with van der Waals surface area (Å²) in [5, 5.41) is -0.0442. The Morgan fingerprint density at radius 3 is 2.76 bits per heavy atom. The van der Waals surface area contributed by atoms with Crippen LogP contribution in [0.2, 0.25) is 0 Å². The second kappa shape index (κ2) is 6.18. The van der Waals surface area contributed by atoms with Crippen LogP contribution < -0.4 is 9.64 Å². The van der Waals surface area contributed by atoms with Crippen molar-refractivity contribution in [1.82, 2.24) is 4.98 Å². The minimum absolute atomic E-state index is 0.0442. The lowest BCUT2D eigenvalue weighted by Gasteiger charge is -2.19. The molecule has 5 heteroatoms. The number of carbonyl (C=O) groups excluding carboxylic acids is 1. The number of benzene rings is 1. The molecule has 0 spiro atoms. The van der Waals surface area contributed by atoms with E-state index in [1.165, 1.54) is 0 Å². The van der Waals surface area contributed by atoms with E-state index >= 15 is 0 Å². The van der Waals surface area contributed by atoms with Gasteiger partial charge < -0.3 is 9.64 Å². The maximum absolute atomic E-state index is 12.6. The molecule has 0 bridgehead atoms. The monoisotopic (exact) mass is 300 g/mol. The van der Waals surface area contributed by atoms with E-state index in [1.807, 2.05) is 41.3 Å². The average molecular weight is 300 g/mol. The summed E-state index contributed by atoms with van der Waals surface area (Å²) >= 11 is 1.60. The first-order chi connectivity index (χ1) is 10.3. The Morgan fingerprint density at radius 1 is 1.24 bits per heavy atom. The highest BCUT2D eigenvalue weighted by atomic mass is 32.2. The van der Waals surface area contributed by atoms with Crippen molar-refractivity contribution in [2.45, 2.75) is 16.6 Å². The highest BCUT2D eigenvalue weighted by Crippen LogP contribution is 2.36. The molecule has 2 aromatic rings. The van der Waals surface area contributed by atoms with Crippen LogP contribution in [0.1, 0.15) is 6.42 Å². The number of hydrogen-bond donors (Lipinski definition) is 0. The zero-order valence-electron chi connectivity index (χ0n) is 11.7. The molecule has 1 fully saturated rings. The van der Waals surface area contributed by atoms with Crippen molar-refractivity contribution in [2.24, 2.45) is 0 Å². The lowest BCUT2D eigenvalue weighted by atomic mass is 10.2. The van der Waals surface area contributed by atoms with Gasteiger partial charge in [0.25, 0.3) is 0 Å². The first-order valence-corrected chi connectivity index (χ1v) is 7.68. The molecule has 0 aliphatic carbocycles. The van der Waals surface area contributed by atoms with E-state index in [2.05, 4.69) is 4.98 Å². The van der Waals surface area contributed by atoms with Gasteiger partial charge in [0.2, 0.25) is 5.91 Å². The molecule has 1 saturated heterocycles. The van der Waals surface area contributed by atoms with Crippen molar-refractivity contribution in [1.29, 1.82) is 0 Å². The number of ether oxygens (including phenoxy) is 1. The third-order valence-electron chi connectivity index (χ3n) is 3.46. The van der Waals surface area contributed by atoms with Crippen molar-refractivity contribution in [2.75, 3.05) is 18.6 Å². The van der Waals surface area contributed by atoms with E-state index in [9.17, 15) is 4.79 Å². The van der Waals surface area contributed by atoms with Crippen molar-refractivity contribution in [3.05, 3.63) is 48.8 Å². The van der Waals surface area contributed by atoms with Gasteiger partial charge in [-0.3, -0.25) is 9.78 Å². The van der Waals surface area contributed by atoms with E-state index in [4.69, 9.17) is 4.74 Å². The summed E-state index contributed by atoms with van der Waals surface area (Å²) in [6, 6.07) is 11.5. The molecule has 1 amide bonds. The number of nitrogens with zero attached hydrogens (tertiary/aromatic N) is 2. The predicted octanol–water partition coefficient (Wildman–Crippen LogP) is 2.99. The number of thioether (sulfide) groups is 1. The van der Waals surface area contributed by atoms with E-state index in [1.54, 1.807) is 31.3 Å². The second-order valence-electron chi connectivity index (χ2n) is 4.74. The third kappa shape index (κ3) is 2.88. The summed E-state index contributed by atoms with van der Waals surface area (Å²) in [6.07, 6.45) is 4.34. The Hall–Kier alpha value is -2.01. The Morgan fingerprint density at radius 2 is 2.00 bits per heavy atom. The highest BCUT2D eigenvalue weighted by molar-refractivity contribution is 8.00. The molecule has 2 heterocycles. The molecule has 0 saturated carbocycles. The smallest absolute Gasteiger partial charge is 0.240 e. The zero-order valence-corrected chi connectivity index (χ0v) is 12.5. The summed E-state index contributed by atoms with van der Waals surface area (Å²) in [5.41, 5.74) is 0.850. The molecule has 1 aliphatic rings. The maximum atomic E-state index is 12.6. The SMILES string of the molecule is COc1ccccc1N1CCC(Sc2ccncc2)C1=O. The predicted molar refractivity (Wildman–Crippen MR) is 83.8 cm³/mol. The number of hydrogen-bond acceptors (Lipinski definition) is 4. The molecular formula is C16H16N2O2S. The van der Waals surface area contributed by atoms with Crippen molar-refractivity contribution >= 4 is 23.4 Å². The number of para-hydroxylation sites is 2. The number of pyridine rings is 1. The molecule has 108 valence electrons. The summed E-state index contributed by atoms with van der Waals surface area (Å²) < 4.78 is 5.35. The zero-order chi connectivity index (χ0) is 14.7. The largest absolute Gasteiger partial charge is 0.495 e. The summed E-state index contributed by atoms with van der Waals surface area (Å²) in [5.74, 6) is 0.877. The van der Waals surface area contributed by atoms with Crippen molar-refractivity contribution in [3.63, 3.8) is 0 Å². The number of rotatable bonds is 4. The topological polar surface area (TPSA) is 42.4 Å². The van der Waals surface area contributed by atoms with Gasteiger partial charge in [-0.1, -0.05) is 12.1 Å². The van der Waals surface area contributed by atoms with Crippen LogP contribution in [0.4, 0.5) is 5.69 Å². The number of carbonyl (C=O) groups is 1. The molecule has 1 unspecified atom stereocenters. The van der Waals surface area contributed by atoms with Crippen molar-refractivity contribution < 1.29 is 9.53 Å². The fourth-order valence-corrected chi connectivity index (χ4v) is 3.49. The van der Waals surface area contributed by atoms with Gasteiger partial charge in [-0.25, -0.2) is 0 Å². The molecule has 1 atom stereocenters. The van der Waals surface area contributed by atoms with Crippen LogP contribution >= 0.6 is 11.8 Å². The van der Waals surface area contributed by atoms with E-state index in [0.29, 0.717) is 0 Å². The Bertz CT molecular complexity index is 633. The van der Waals surface area contributed by atoms with Crippen LogP contribution in [0.5, 0.6) is 5.75 Å². The van der Waals surface area contributed by atoms with Crippen LogP contribution in [-0.2, 0) is 4.79 Å². The van der Waals surface area contributed by atoms with E-state index in [0.717, 1.165) is 29.3 Å². The Labute approximate surface area is 128 Å². The van der Waals surface area contributed by atoms with Crippen LogP contribution in [0.25, 0.3) is 0 Å². The molecule has 1 aliphatic heterocycles. The van der Waals surface area contributed by atoms with Gasteiger partial charge in [0, 0.05) is 23.8 Å². The van der Waals surface area contributed by atoms with Crippen LogP contribution in [0.15, 0.2) is 53.7 Å². The third-order valence-corrected chi connectivity index (χ3v) is 4.73. The number of anilines is 1. The Kier molecular flexibility index (Phi) is 4.10.